The number of aliphatic hydroxyl groups is 1. The molecule has 0 bridgehead atoms. The van der Waals surface area contributed by atoms with Gasteiger partial charge in [-0.25, -0.2) is 0 Å². The number of esters is 1. The number of β-amino-alcohol motifs (C(OH)–C–C–N with tert-alkyl or cyclic N) is 1. The summed E-state index contributed by atoms with van der Waals surface area (Å²) in [4.78, 5) is 24.9. The standard InChI is InChI=1S/C32H35Cl2NO6/c1-3-39-30(37)18-32(38)13-15-35(21-32)14-6-16-40-29-10-5-9-26(31(29)34)25-8-4-7-24(22(25)2)20-41-28-12-11-23(19-36)17-27(28)33/h4-5,7-12,17,19,38H,3,6,13-16,18,20-21H2,1-2H3. The Balaban J connectivity index is 1.34. The van der Waals surface area contributed by atoms with Gasteiger partial charge in [0.25, 0.3) is 0 Å². The first-order chi connectivity index (χ1) is 19.7. The summed E-state index contributed by atoms with van der Waals surface area (Å²) in [6, 6.07) is 16.6. The smallest absolute Gasteiger partial charge is 0.308 e. The van der Waals surface area contributed by atoms with E-state index in [1.807, 2.05) is 43.3 Å². The minimum Gasteiger partial charge on any atom is -0.492 e. The Morgan fingerprint density at radius 3 is 2.61 bits per heavy atom. The van der Waals surface area contributed by atoms with Crippen LogP contribution in [0.15, 0.2) is 54.6 Å². The quantitative estimate of drug-likeness (QED) is 0.136. The van der Waals surface area contributed by atoms with Crippen LogP contribution in [0.25, 0.3) is 11.1 Å². The zero-order valence-corrected chi connectivity index (χ0v) is 24.8. The van der Waals surface area contributed by atoms with Gasteiger partial charge >= 0.3 is 5.97 Å². The lowest BCUT2D eigenvalue weighted by molar-refractivity contribution is -0.148. The summed E-state index contributed by atoms with van der Waals surface area (Å²) >= 11 is 13.1. The number of benzene rings is 3. The van der Waals surface area contributed by atoms with Gasteiger partial charge in [-0.15, -0.1) is 0 Å². The van der Waals surface area contributed by atoms with Crippen LogP contribution >= 0.6 is 23.2 Å². The van der Waals surface area contributed by atoms with Crippen LogP contribution in [0.2, 0.25) is 10.0 Å². The van der Waals surface area contributed by atoms with E-state index in [1.54, 1.807) is 25.1 Å². The molecular weight excluding hydrogens is 565 g/mol. The number of carbonyl (C=O) groups excluding carboxylic acids is 2. The number of nitrogens with zero attached hydrogens (tertiary/aromatic N) is 1. The first-order valence-electron chi connectivity index (χ1n) is 13.7. The molecule has 9 heteroatoms. The van der Waals surface area contributed by atoms with Crippen molar-refractivity contribution in [3.05, 3.63) is 81.3 Å². The van der Waals surface area contributed by atoms with Crippen molar-refractivity contribution in [1.82, 2.24) is 4.90 Å². The predicted octanol–water partition coefficient (Wildman–Crippen LogP) is 6.52. The number of halogens is 2. The van der Waals surface area contributed by atoms with Crippen LogP contribution in [-0.2, 0) is 16.1 Å². The fraction of sp³-hybridized carbons (Fsp3) is 0.375. The molecule has 4 rings (SSSR count). The van der Waals surface area contributed by atoms with Crippen molar-refractivity contribution in [2.24, 2.45) is 0 Å². The van der Waals surface area contributed by atoms with Gasteiger partial charge in [-0.3, -0.25) is 9.59 Å². The van der Waals surface area contributed by atoms with Gasteiger partial charge < -0.3 is 24.2 Å². The molecule has 3 aromatic rings. The summed E-state index contributed by atoms with van der Waals surface area (Å²) in [5.41, 5.74) is 3.30. The van der Waals surface area contributed by atoms with Gasteiger partial charge in [0.2, 0.25) is 0 Å². The summed E-state index contributed by atoms with van der Waals surface area (Å²) < 4.78 is 17.0. The fourth-order valence-corrected chi connectivity index (χ4v) is 5.58. The normalized spacial score (nSPS) is 16.9. The van der Waals surface area contributed by atoms with Crippen molar-refractivity contribution < 1.29 is 28.9 Å². The molecule has 1 saturated heterocycles. The van der Waals surface area contributed by atoms with Crippen molar-refractivity contribution in [2.75, 3.05) is 32.8 Å². The van der Waals surface area contributed by atoms with E-state index in [1.165, 1.54) is 0 Å². The van der Waals surface area contributed by atoms with Gasteiger partial charge in [0.15, 0.2) is 0 Å². The maximum Gasteiger partial charge on any atom is 0.308 e. The van der Waals surface area contributed by atoms with Gasteiger partial charge in [0.1, 0.15) is 24.4 Å². The van der Waals surface area contributed by atoms with Crippen LogP contribution in [0.4, 0.5) is 0 Å². The molecule has 1 aliphatic rings. The summed E-state index contributed by atoms with van der Waals surface area (Å²) in [6.07, 6.45) is 2.06. The molecule has 0 saturated carbocycles. The van der Waals surface area contributed by atoms with E-state index in [2.05, 4.69) is 4.90 Å². The Hall–Kier alpha value is -3.10. The summed E-state index contributed by atoms with van der Waals surface area (Å²) in [6.45, 7) is 6.77. The molecule has 1 aliphatic heterocycles. The van der Waals surface area contributed by atoms with Crippen LogP contribution in [0.3, 0.4) is 0 Å². The van der Waals surface area contributed by atoms with Crippen LogP contribution in [0.1, 0.15) is 47.7 Å². The van der Waals surface area contributed by atoms with Gasteiger partial charge in [0, 0.05) is 30.8 Å². The maximum atomic E-state index is 11.8. The van der Waals surface area contributed by atoms with Crippen LogP contribution in [-0.4, -0.2) is 60.7 Å². The summed E-state index contributed by atoms with van der Waals surface area (Å²) in [5.74, 6) is 0.749. The lowest BCUT2D eigenvalue weighted by Crippen LogP contribution is -2.36. The molecule has 1 heterocycles. The molecule has 1 atom stereocenters. The van der Waals surface area contributed by atoms with E-state index < -0.39 is 5.60 Å². The highest BCUT2D eigenvalue weighted by atomic mass is 35.5. The first kappa shape index (κ1) is 30.8. The minimum atomic E-state index is -1.03. The SMILES string of the molecule is CCOC(=O)CC1(O)CCN(CCCOc2cccc(-c3cccc(COc4ccc(C=O)cc4Cl)c3C)c2Cl)C1. The van der Waals surface area contributed by atoms with Crippen molar-refractivity contribution in [1.29, 1.82) is 0 Å². The van der Waals surface area contributed by atoms with E-state index in [-0.39, 0.29) is 12.4 Å². The molecule has 3 aromatic carbocycles. The summed E-state index contributed by atoms with van der Waals surface area (Å²) in [7, 11) is 0. The van der Waals surface area contributed by atoms with Crippen molar-refractivity contribution in [3.63, 3.8) is 0 Å². The number of hydrogen-bond acceptors (Lipinski definition) is 7. The largest absolute Gasteiger partial charge is 0.492 e. The number of hydrogen-bond donors (Lipinski definition) is 1. The van der Waals surface area contributed by atoms with E-state index in [9.17, 15) is 14.7 Å². The molecule has 7 nitrogen and oxygen atoms in total. The highest BCUT2D eigenvalue weighted by molar-refractivity contribution is 6.35. The third kappa shape index (κ3) is 8.01. The monoisotopic (exact) mass is 599 g/mol. The number of carbonyl (C=O) groups is 2. The Morgan fingerprint density at radius 1 is 1.07 bits per heavy atom. The van der Waals surface area contributed by atoms with Crippen molar-refractivity contribution >= 4 is 35.5 Å². The highest BCUT2D eigenvalue weighted by Gasteiger charge is 2.38. The Labute approximate surface area is 250 Å². The Morgan fingerprint density at radius 2 is 1.85 bits per heavy atom. The van der Waals surface area contributed by atoms with Crippen LogP contribution < -0.4 is 9.47 Å². The molecule has 218 valence electrons. The lowest BCUT2D eigenvalue weighted by Gasteiger charge is -2.22. The van der Waals surface area contributed by atoms with E-state index in [0.717, 1.165) is 48.1 Å². The number of ether oxygens (including phenoxy) is 3. The molecule has 0 radical (unpaired) electrons. The molecule has 1 unspecified atom stereocenters. The third-order valence-electron chi connectivity index (χ3n) is 7.24. The average Bonchev–Trinajstić information content (AvgIpc) is 3.32. The second kappa shape index (κ2) is 14.2. The number of rotatable bonds is 13. The van der Waals surface area contributed by atoms with E-state index in [4.69, 9.17) is 37.4 Å². The molecule has 41 heavy (non-hydrogen) atoms. The third-order valence-corrected chi connectivity index (χ3v) is 7.93. The second-order valence-corrected chi connectivity index (χ2v) is 11.0. The average molecular weight is 601 g/mol. The zero-order chi connectivity index (χ0) is 29.4. The number of likely N-dealkylation sites (tertiary alicyclic amines) is 1. The van der Waals surface area contributed by atoms with Crippen LogP contribution in [0, 0.1) is 6.92 Å². The Kier molecular flexibility index (Phi) is 10.7. The van der Waals surface area contributed by atoms with Crippen molar-refractivity contribution in [3.8, 4) is 22.6 Å². The Bertz CT molecular complexity index is 1380. The van der Waals surface area contributed by atoms with Gasteiger partial charge in [-0.2, -0.15) is 0 Å². The second-order valence-electron chi connectivity index (χ2n) is 10.2. The molecule has 1 fully saturated rings. The van der Waals surface area contributed by atoms with E-state index >= 15 is 0 Å². The molecule has 0 spiro atoms. The molecule has 0 aliphatic carbocycles. The molecular formula is C32H35Cl2NO6. The van der Waals surface area contributed by atoms with Gasteiger partial charge in [-0.1, -0.05) is 53.5 Å². The first-order valence-corrected chi connectivity index (χ1v) is 14.5. The maximum absolute atomic E-state index is 11.8. The van der Waals surface area contributed by atoms with Crippen molar-refractivity contribution in [2.45, 2.75) is 45.3 Å². The number of aldehydes is 1. The highest BCUT2D eigenvalue weighted by Crippen LogP contribution is 2.38. The molecule has 0 aromatic heterocycles. The minimum absolute atomic E-state index is 0.0191. The zero-order valence-electron chi connectivity index (χ0n) is 23.3. The predicted molar refractivity (Wildman–Crippen MR) is 160 cm³/mol. The van der Waals surface area contributed by atoms with E-state index in [0.29, 0.717) is 59.9 Å². The summed E-state index contributed by atoms with van der Waals surface area (Å²) in [5, 5.41) is 11.6. The topological polar surface area (TPSA) is 85.3 Å². The van der Waals surface area contributed by atoms with Gasteiger partial charge in [0.05, 0.1) is 35.3 Å². The van der Waals surface area contributed by atoms with Crippen LogP contribution in [0.5, 0.6) is 11.5 Å². The lowest BCUT2D eigenvalue weighted by atomic mass is 9.96. The fourth-order valence-electron chi connectivity index (χ4n) is 5.05. The van der Waals surface area contributed by atoms with Gasteiger partial charge in [-0.05, 0) is 67.6 Å². The molecule has 0 amide bonds. The molecule has 1 N–H and O–H groups in total.